The summed E-state index contributed by atoms with van der Waals surface area (Å²) in [4.78, 5) is 0. The summed E-state index contributed by atoms with van der Waals surface area (Å²) in [5, 5.41) is 8.89. The van der Waals surface area contributed by atoms with E-state index in [1.165, 1.54) is 0 Å². The fraction of sp³-hybridized carbons (Fsp3) is 1.00. The maximum atomic E-state index is 8.89. The summed E-state index contributed by atoms with van der Waals surface area (Å²) >= 11 is 0. The third-order valence-corrected chi connectivity index (χ3v) is 2.35. The van der Waals surface area contributed by atoms with Crippen LogP contribution >= 0.6 is 0 Å². The lowest BCUT2D eigenvalue weighted by Gasteiger charge is -2.23. The number of nitrogens with two attached hydrogens (primary N) is 1. The number of hydrogen-bond donors (Lipinski definition) is 2. The molecule has 13 heavy (non-hydrogen) atoms. The maximum Gasteiger partial charge on any atom is 0.0609 e. The Labute approximate surface area is 81.3 Å². The first kappa shape index (κ1) is 12.9. The monoisotopic (exact) mass is 189 g/mol. The molecule has 0 aromatic carbocycles. The van der Waals surface area contributed by atoms with Crippen molar-refractivity contribution in [2.45, 2.75) is 45.8 Å². The fourth-order valence-corrected chi connectivity index (χ4v) is 0.749. The van der Waals surface area contributed by atoms with E-state index in [4.69, 9.17) is 15.6 Å². The van der Waals surface area contributed by atoms with Crippen molar-refractivity contribution < 1.29 is 9.84 Å². The Morgan fingerprint density at radius 2 is 1.92 bits per heavy atom. The van der Waals surface area contributed by atoms with Gasteiger partial charge in [-0.3, -0.25) is 0 Å². The molecule has 80 valence electrons. The molecule has 0 spiro atoms. The molecule has 0 bridgehead atoms. The topological polar surface area (TPSA) is 55.5 Å². The zero-order valence-electron chi connectivity index (χ0n) is 9.21. The van der Waals surface area contributed by atoms with Crippen molar-refractivity contribution >= 4 is 0 Å². The molecule has 3 N–H and O–H groups in total. The molecular weight excluding hydrogens is 166 g/mol. The SMILES string of the molecule is CC(C)C(C)OCCC(C)(N)CO. The molecule has 2 unspecified atom stereocenters. The standard InChI is InChI=1S/C10H23NO2/c1-8(2)9(3)13-6-5-10(4,11)7-12/h8-9,12H,5-7,11H2,1-4H3. The Hall–Kier alpha value is -0.120. The van der Waals surface area contributed by atoms with Crippen molar-refractivity contribution in [1.82, 2.24) is 0 Å². The van der Waals surface area contributed by atoms with Crippen molar-refractivity contribution in [3.05, 3.63) is 0 Å². The zero-order chi connectivity index (χ0) is 10.5. The summed E-state index contributed by atoms with van der Waals surface area (Å²) in [7, 11) is 0. The summed E-state index contributed by atoms with van der Waals surface area (Å²) in [6.45, 7) is 8.75. The molecule has 0 aromatic rings. The normalized spacial score (nSPS) is 18.7. The molecule has 0 aliphatic heterocycles. The lowest BCUT2D eigenvalue weighted by atomic mass is 10.0. The molecular formula is C10H23NO2. The predicted octanol–water partition coefficient (Wildman–Crippen LogP) is 1.15. The van der Waals surface area contributed by atoms with E-state index in [2.05, 4.69) is 20.8 Å². The average Bonchev–Trinajstić information content (AvgIpc) is 2.04. The van der Waals surface area contributed by atoms with Crippen LogP contribution < -0.4 is 5.73 Å². The largest absolute Gasteiger partial charge is 0.394 e. The van der Waals surface area contributed by atoms with Crippen molar-refractivity contribution in [2.75, 3.05) is 13.2 Å². The molecule has 0 aliphatic rings. The van der Waals surface area contributed by atoms with Gasteiger partial charge in [-0.15, -0.1) is 0 Å². The van der Waals surface area contributed by atoms with Gasteiger partial charge in [-0.25, -0.2) is 0 Å². The van der Waals surface area contributed by atoms with Gasteiger partial charge in [-0.1, -0.05) is 13.8 Å². The Balaban J connectivity index is 3.56. The molecule has 2 atom stereocenters. The van der Waals surface area contributed by atoms with Gasteiger partial charge in [-0.2, -0.15) is 0 Å². The van der Waals surface area contributed by atoms with Crippen LogP contribution in [-0.4, -0.2) is 30.0 Å². The first-order valence-corrected chi connectivity index (χ1v) is 4.90. The Bertz CT molecular complexity index is 135. The van der Waals surface area contributed by atoms with Gasteiger partial charge in [0.05, 0.1) is 12.7 Å². The van der Waals surface area contributed by atoms with E-state index >= 15 is 0 Å². The second-order valence-electron chi connectivity index (χ2n) is 4.38. The van der Waals surface area contributed by atoms with E-state index in [9.17, 15) is 0 Å². The Morgan fingerprint density at radius 1 is 1.38 bits per heavy atom. The smallest absolute Gasteiger partial charge is 0.0609 e. The van der Waals surface area contributed by atoms with E-state index in [1.807, 2.05) is 6.92 Å². The number of ether oxygens (including phenoxy) is 1. The van der Waals surface area contributed by atoms with Crippen LogP contribution in [0.4, 0.5) is 0 Å². The van der Waals surface area contributed by atoms with E-state index in [-0.39, 0.29) is 12.7 Å². The third kappa shape index (κ3) is 6.02. The molecule has 0 aliphatic carbocycles. The lowest BCUT2D eigenvalue weighted by molar-refractivity contribution is 0.0215. The van der Waals surface area contributed by atoms with Gasteiger partial charge >= 0.3 is 0 Å². The molecule has 0 heterocycles. The molecule has 0 radical (unpaired) electrons. The van der Waals surface area contributed by atoms with E-state index in [0.29, 0.717) is 18.9 Å². The first-order chi connectivity index (χ1) is 5.89. The van der Waals surface area contributed by atoms with Crippen LogP contribution in [0.15, 0.2) is 0 Å². The van der Waals surface area contributed by atoms with Crippen LogP contribution in [0.2, 0.25) is 0 Å². The highest BCUT2D eigenvalue weighted by Gasteiger charge is 2.17. The molecule has 3 heteroatoms. The number of rotatable bonds is 6. The summed E-state index contributed by atoms with van der Waals surface area (Å²) in [6.07, 6.45) is 0.954. The van der Waals surface area contributed by atoms with Gasteiger partial charge in [-0.05, 0) is 26.2 Å². The van der Waals surface area contributed by atoms with Gasteiger partial charge < -0.3 is 15.6 Å². The average molecular weight is 189 g/mol. The molecule has 3 nitrogen and oxygen atoms in total. The summed E-state index contributed by atoms with van der Waals surface area (Å²) in [6, 6.07) is 0. The molecule has 0 amide bonds. The molecule has 0 aromatic heterocycles. The number of aliphatic hydroxyl groups excluding tert-OH is 1. The highest BCUT2D eigenvalue weighted by molar-refractivity contribution is 4.76. The number of aliphatic hydroxyl groups is 1. The van der Waals surface area contributed by atoms with Crippen LogP contribution in [0, 0.1) is 5.92 Å². The maximum absolute atomic E-state index is 8.89. The number of hydrogen-bond acceptors (Lipinski definition) is 3. The van der Waals surface area contributed by atoms with Gasteiger partial charge in [0.1, 0.15) is 0 Å². The van der Waals surface area contributed by atoms with Crippen molar-refractivity contribution in [2.24, 2.45) is 11.7 Å². The van der Waals surface area contributed by atoms with E-state index in [1.54, 1.807) is 0 Å². The lowest BCUT2D eigenvalue weighted by Crippen LogP contribution is -2.41. The highest BCUT2D eigenvalue weighted by Crippen LogP contribution is 2.09. The van der Waals surface area contributed by atoms with Crippen molar-refractivity contribution in [3.63, 3.8) is 0 Å². The minimum Gasteiger partial charge on any atom is -0.394 e. The van der Waals surface area contributed by atoms with Gasteiger partial charge in [0.15, 0.2) is 0 Å². The Kier molecular flexibility index (Phi) is 5.53. The van der Waals surface area contributed by atoms with E-state index in [0.717, 1.165) is 0 Å². The van der Waals surface area contributed by atoms with Gasteiger partial charge in [0.25, 0.3) is 0 Å². The minimum absolute atomic E-state index is 0.00637. The fourth-order valence-electron chi connectivity index (χ4n) is 0.749. The van der Waals surface area contributed by atoms with Crippen LogP contribution in [0.5, 0.6) is 0 Å². The molecule has 0 saturated carbocycles. The second-order valence-corrected chi connectivity index (χ2v) is 4.38. The first-order valence-electron chi connectivity index (χ1n) is 4.90. The summed E-state index contributed by atoms with van der Waals surface area (Å²) < 4.78 is 5.55. The van der Waals surface area contributed by atoms with E-state index < -0.39 is 5.54 Å². The molecule has 0 saturated heterocycles. The minimum atomic E-state index is -0.503. The van der Waals surface area contributed by atoms with Crippen LogP contribution in [-0.2, 0) is 4.74 Å². The zero-order valence-corrected chi connectivity index (χ0v) is 9.21. The van der Waals surface area contributed by atoms with Crippen LogP contribution in [0.1, 0.15) is 34.1 Å². The highest BCUT2D eigenvalue weighted by atomic mass is 16.5. The quantitative estimate of drug-likeness (QED) is 0.659. The van der Waals surface area contributed by atoms with Crippen molar-refractivity contribution in [3.8, 4) is 0 Å². The third-order valence-electron chi connectivity index (χ3n) is 2.35. The predicted molar refractivity (Wildman–Crippen MR) is 54.5 cm³/mol. The summed E-state index contributed by atoms with van der Waals surface area (Å²) in [5.74, 6) is 0.526. The molecule has 0 fully saturated rings. The van der Waals surface area contributed by atoms with Crippen LogP contribution in [0.25, 0.3) is 0 Å². The van der Waals surface area contributed by atoms with Crippen LogP contribution in [0.3, 0.4) is 0 Å². The van der Waals surface area contributed by atoms with Gasteiger partial charge in [0, 0.05) is 12.1 Å². The van der Waals surface area contributed by atoms with Crippen molar-refractivity contribution in [1.29, 1.82) is 0 Å². The van der Waals surface area contributed by atoms with Gasteiger partial charge in [0.2, 0.25) is 0 Å². The molecule has 0 rings (SSSR count). The summed E-state index contributed by atoms with van der Waals surface area (Å²) in [5.41, 5.74) is 5.25. The Morgan fingerprint density at radius 3 is 2.31 bits per heavy atom. The second kappa shape index (κ2) is 5.58.